The van der Waals surface area contributed by atoms with Gasteiger partial charge in [0, 0.05) is 58.3 Å². The number of nitrogens with zero attached hydrogens (tertiary/aromatic N) is 5. The molecule has 70 heavy (non-hydrogen) atoms. The number of hydrogen-bond acceptors (Lipinski definition) is 4. The van der Waals surface area contributed by atoms with Crippen LogP contribution in [0.5, 0.6) is 0 Å². The first-order valence-corrected chi connectivity index (χ1v) is 25.8. The molecular formula is C64H45N5Si. The highest BCUT2D eigenvalue weighted by Crippen LogP contribution is 2.45. The van der Waals surface area contributed by atoms with E-state index in [0.717, 1.165) is 61.7 Å². The fourth-order valence-electron chi connectivity index (χ4n) is 11.0. The molecule has 1 aliphatic rings. The lowest BCUT2D eigenvalue weighted by atomic mass is 10.0. The minimum atomic E-state index is -2.86. The number of pyridine rings is 2. The molecule has 0 atom stereocenters. The van der Waals surface area contributed by atoms with Crippen LogP contribution in [0.25, 0.3) is 49.7 Å². The van der Waals surface area contributed by atoms with Crippen LogP contribution in [0.1, 0.15) is 0 Å². The van der Waals surface area contributed by atoms with Gasteiger partial charge in [0.1, 0.15) is 0 Å². The number of para-hydroxylation sites is 4. The summed E-state index contributed by atoms with van der Waals surface area (Å²) in [6.07, 6.45) is 7.41. The van der Waals surface area contributed by atoms with E-state index in [-0.39, 0.29) is 0 Å². The van der Waals surface area contributed by atoms with Crippen LogP contribution in [0.15, 0.2) is 274 Å². The Bertz CT molecular complexity index is 3600. The lowest BCUT2D eigenvalue weighted by Gasteiger charge is -2.45. The predicted octanol–water partition coefficient (Wildman–Crippen LogP) is 13.5. The SMILES string of the molecule is c1ccc([Si]2(c3ccccc3)c3ccccc3N(c3cc(N(c4ccc(-c5ccncc5)cc4)c4ccc(-c5ccncc5)cc4)cc(-n4c5ccccc5c5ccccc54)c3)c3ccccc32)cc1. The molecule has 12 aromatic rings. The first kappa shape index (κ1) is 41.1. The first-order valence-electron chi connectivity index (χ1n) is 23.8. The van der Waals surface area contributed by atoms with E-state index >= 15 is 0 Å². The minimum Gasteiger partial charge on any atom is -0.310 e. The van der Waals surface area contributed by atoms with Crippen LogP contribution in [0.2, 0.25) is 0 Å². The summed E-state index contributed by atoms with van der Waals surface area (Å²) < 4.78 is 2.45. The summed E-state index contributed by atoms with van der Waals surface area (Å²) in [5.41, 5.74) is 14.4. The van der Waals surface area contributed by atoms with Gasteiger partial charge in [0.05, 0.1) is 28.1 Å². The molecule has 6 heteroatoms. The third-order valence-electron chi connectivity index (χ3n) is 14.0. The van der Waals surface area contributed by atoms with Crippen molar-refractivity contribution in [1.82, 2.24) is 14.5 Å². The summed E-state index contributed by atoms with van der Waals surface area (Å²) in [5, 5.41) is 7.86. The van der Waals surface area contributed by atoms with Crippen LogP contribution in [-0.2, 0) is 0 Å². The van der Waals surface area contributed by atoms with Gasteiger partial charge in [0.2, 0.25) is 0 Å². The van der Waals surface area contributed by atoms with Gasteiger partial charge in [-0.2, -0.15) is 0 Å². The van der Waals surface area contributed by atoms with E-state index in [0.29, 0.717) is 0 Å². The lowest BCUT2D eigenvalue weighted by molar-refractivity contribution is 1.16. The maximum atomic E-state index is 4.29. The highest BCUT2D eigenvalue weighted by molar-refractivity contribution is 7.21. The van der Waals surface area contributed by atoms with Crippen molar-refractivity contribution in [1.29, 1.82) is 0 Å². The maximum Gasteiger partial charge on any atom is 0.184 e. The van der Waals surface area contributed by atoms with Gasteiger partial charge < -0.3 is 14.4 Å². The Hall–Kier alpha value is -9.10. The fraction of sp³-hybridized carbons (Fsp3) is 0. The highest BCUT2D eigenvalue weighted by Gasteiger charge is 2.48. The molecule has 5 nitrogen and oxygen atoms in total. The molecule has 0 saturated heterocycles. The number of hydrogen-bond donors (Lipinski definition) is 0. The van der Waals surface area contributed by atoms with Gasteiger partial charge >= 0.3 is 0 Å². The van der Waals surface area contributed by atoms with Crippen LogP contribution in [0.3, 0.4) is 0 Å². The average molecular weight is 912 g/mol. The van der Waals surface area contributed by atoms with E-state index in [1.807, 2.05) is 24.8 Å². The minimum absolute atomic E-state index is 1.03. The quantitative estimate of drug-likeness (QED) is 0.135. The molecule has 4 heterocycles. The molecule has 1 aliphatic heterocycles. The molecule has 3 aromatic heterocycles. The summed E-state index contributed by atoms with van der Waals surface area (Å²) >= 11 is 0. The van der Waals surface area contributed by atoms with Crippen molar-refractivity contribution in [2.24, 2.45) is 0 Å². The zero-order chi connectivity index (χ0) is 46.4. The zero-order valence-electron chi connectivity index (χ0n) is 38.2. The Labute approximate surface area is 408 Å². The Morgan fingerprint density at radius 1 is 0.329 bits per heavy atom. The van der Waals surface area contributed by atoms with E-state index in [1.54, 1.807) is 0 Å². The number of rotatable bonds is 9. The molecule has 9 aromatic carbocycles. The molecular weight excluding hydrogens is 867 g/mol. The van der Waals surface area contributed by atoms with Crippen molar-refractivity contribution in [3.8, 4) is 27.9 Å². The molecule has 0 unspecified atom stereocenters. The van der Waals surface area contributed by atoms with Gasteiger partial charge in [-0.1, -0.05) is 158 Å². The van der Waals surface area contributed by atoms with Crippen molar-refractivity contribution >= 4 is 84.8 Å². The van der Waals surface area contributed by atoms with Crippen LogP contribution in [0, 0.1) is 0 Å². The number of benzene rings is 9. The summed E-state index contributed by atoms with van der Waals surface area (Å²) in [6.45, 7) is 0. The van der Waals surface area contributed by atoms with Gasteiger partial charge in [-0.05, 0) is 134 Å². The maximum absolute atomic E-state index is 4.29. The normalized spacial score (nSPS) is 12.7. The average Bonchev–Trinajstić information content (AvgIpc) is 3.78. The van der Waals surface area contributed by atoms with E-state index in [9.17, 15) is 0 Å². The van der Waals surface area contributed by atoms with Crippen LogP contribution >= 0.6 is 0 Å². The van der Waals surface area contributed by atoms with Crippen molar-refractivity contribution in [3.63, 3.8) is 0 Å². The Morgan fingerprint density at radius 3 is 1.21 bits per heavy atom. The summed E-state index contributed by atoms with van der Waals surface area (Å²) in [6, 6.07) is 91.6. The topological polar surface area (TPSA) is 37.2 Å². The van der Waals surface area contributed by atoms with E-state index in [1.165, 1.54) is 42.9 Å². The molecule has 0 spiro atoms. The second-order valence-corrected chi connectivity index (χ2v) is 21.6. The van der Waals surface area contributed by atoms with Gasteiger partial charge in [0.15, 0.2) is 8.07 Å². The zero-order valence-corrected chi connectivity index (χ0v) is 39.2. The Balaban J connectivity index is 1.09. The highest BCUT2D eigenvalue weighted by atomic mass is 28.3. The number of fused-ring (bicyclic) bond motifs is 5. The second kappa shape index (κ2) is 17.2. The fourth-order valence-corrected chi connectivity index (χ4v) is 16.1. The van der Waals surface area contributed by atoms with Crippen molar-refractivity contribution in [2.45, 2.75) is 0 Å². The molecule has 0 radical (unpaired) electrons. The molecule has 0 aliphatic carbocycles. The van der Waals surface area contributed by atoms with Crippen LogP contribution in [0.4, 0.5) is 34.1 Å². The molecule has 0 bridgehead atoms. The monoisotopic (exact) mass is 911 g/mol. The van der Waals surface area contributed by atoms with Crippen LogP contribution in [-0.4, -0.2) is 22.6 Å². The smallest absolute Gasteiger partial charge is 0.184 e. The van der Waals surface area contributed by atoms with Crippen LogP contribution < -0.4 is 30.5 Å². The molecule has 0 N–H and O–H groups in total. The first-order chi connectivity index (χ1) is 34.7. The predicted molar refractivity (Wildman–Crippen MR) is 294 cm³/mol. The van der Waals surface area contributed by atoms with Crippen molar-refractivity contribution in [2.75, 3.05) is 9.80 Å². The van der Waals surface area contributed by atoms with Gasteiger partial charge in [0.25, 0.3) is 0 Å². The molecule has 330 valence electrons. The summed E-state index contributed by atoms with van der Waals surface area (Å²) in [4.78, 5) is 13.5. The van der Waals surface area contributed by atoms with Crippen molar-refractivity contribution < 1.29 is 0 Å². The third kappa shape index (κ3) is 6.76. The van der Waals surface area contributed by atoms with Gasteiger partial charge in [-0.25, -0.2) is 0 Å². The largest absolute Gasteiger partial charge is 0.310 e. The third-order valence-corrected chi connectivity index (χ3v) is 18.9. The molecule has 0 amide bonds. The van der Waals surface area contributed by atoms with Gasteiger partial charge in [-0.3, -0.25) is 9.97 Å². The Morgan fingerprint density at radius 2 is 0.729 bits per heavy atom. The molecule has 13 rings (SSSR count). The molecule has 0 fully saturated rings. The summed E-state index contributed by atoms with van der Waals surface area (Å²) in [5.74, 6) is 0. The van der Waals surface area contributed by atoms with Crippen molar-refractivity contribution in [3.05, 3.63) is 274 Å². The Kier molecular flexibility index (Phi) is 10.1. The lowest BCUT2D eigenvalue weighted by Crippen LogP contribution is -2.77. The van der Waals surface area contributed by atoms with Gasteiger partial charge in [-0.15, -0.1) is 0 Å². The number of aromatic nitrogens is 3. The van der Waals surface area contributed by atoms with E-state index in [2.05, 4.69) is 273 Å². The number of anilines is 6. The summed E-state index contributed by atoms with van der Waals surface area (Å²) in [7, 11) is -2.86. The molecule has 0 saturated carbocycles. The van der Waals surface area contributed by atoms with E-state index in [4.69, 9.17) is 0 Å². The second-order valence-electron chi connectivity index (χ2n) is 17.8. The standard InChI is InChI=1S/C64H45N5Si/c1-3-15-55(16-4-1)70(56-17-5-2-6-18-56)63-25-13-11-23-61(63)69(62-24-12-14-26-64(62)70)54-44-52(43-53(45-54)68-59-21-9-7-19-57(59)58-20-8-10-22-60(58)68)67(50-31-27-46(28-32-50)48-35-39-65-40-36-48)51-33-29-47(30-34-51)49-37-41-66-42-38-49/h1-45H. The van der Waals surface area contributed by atoms with E-state index < -0.39 is 8.07 Å².